The van der Waals surface area contributed by atoms with Crippen LogP contribution < -0.4 is 5.32 Å². The average Bonchev–Trinajstić information content (AvgIpc) is 2.83. The predicted octanol–water partition coefficient (Wildman–Crippen LogP) is 3.14. The van der Waals surface area contributed by atoms with E-state index < -0.39 is 0 Å². The second kappa shape index (κ2) is 5.06. The van der Waals surface area contributed by atoms with Crippen LogP contribution in [0.5, 0.6) is 5.75 Å². The number of anilines is 1. The Labute approximate surface area is 124 Å². The van der Waals surface area contributed by atoms with Gasteiger partial charge in [0.1, 0.15) is 5.75 Å². The lowest BCUT2D eigenvalue weighted by atomic mass is 10.2. The number of hydrogen-bond acceptors (Lipinski definition) is 5. The van der Waals surface area contributed by atoms with Gasteiger partial charge in [-0.05, 0) is 31.2 Å². The number of nitrogens with zero attached hydrogens (tertiary/aromatic N) is 2. The number of rotatable bonds is 2. The molecule has 1 amide bonds. The molecule has 0 bridgehead atoms. The number of pyridine rings is 1. The summed E-state index contributed by atoms with van der Waals surface area (Å²) >= 11 is 5.78. The van der Waals surface area contributed by atoms with E-state index in [0.717, 1.165) is 5.39 Å². The van der Waals surface area contributed by atoms with Crippen molar-refractivity contribution in [2.75, 3.05) is 5.32 Å². The fraction of sp³-hybridized carbons (Fsp3) is 0.0714. The van der Waals surface area contributed by atoms with Gasteiger partial charge in [0.2, 0.25) is 0 Å². The van der Waals surface area contributed by atoms with Gasteiger partial charge in [0.15, 0.2) is 0 Å². The van der Waals surface area contributed by atoms with Crippen LogP contribution in [-0.2, 0) is 0 Å². The third kappa shape index (κ3) is 2.53. The molecule has 21 heavy (non-hydrogen) atoms. The lowest BCUT2D eigenvalue weighted by Gasteiger charge is -2.05. The summed E-state index contributed by atoms with van der Waals surface area (Å²) in [6.45, 7) is 1.79. The standard InChI is InChI=1S/C14H10ClN3O3/c1-7-10-5-9(6-16-14(10)21-18-7)17-13(20)8-2-3-12(19)11(15)4-8/h2-6,19H,1H3,(H,17,20). The number of phenolic OH excluding ortho intramolecular Hbond substituents is 1. The molecule has 1 aromatic carbocycles. The van der Waals surface area contributed by atoms with Crippen molar-refractivity contribution < 1.29 is 14.4 Å². The van der Waals surface area contributed by atoms with Gasteiger partial charge in [-0.15, -0.1) is 0 Å². The zero-order chi connectivity index (χ0) is 15.0. The Morgan fingerprint density at radius 2 is 2.19 bits per heavy atom. The summed E-state index contributed by atoms with van der Waals surface area (Å²) in [4.78, 5) is 16.2. The molecular weight excluding hydrogens is 294 g/mol. The van der Waals surface area contributed by atoms with Gasteiger partial charge in [-0.1, -0.05) is 16.8 Å². The second-order valence-corrected chi connectivity index (χ2v) is 4.87. The van der Waals surface area contributed by atoms with Crippen molar-refractivity contribution in [3.8, 4) is 5.75 Å². The Morgan fingerprint density at radius 1 is 1.38 bits per heavy atom. The number of fused-ring (bicyclic) bond motifs is 1. The van der Waals surface area contributed by atoms with Gasteiger partial charge in [0.05, 0.1) is 28.0 Å². The zero-order valence-electron chi connectivity index (χ0n) is 10.9. The highest BCUT2D eigenvalue weighted by Gasteiger charge is 2.11. The first-order valence-electron chi connectivity index (χ1n) is 6.06. The normalized spacial score (nSPS) is 10.8. The number of carbonyl (C=O) groups is 1. The molecule has 3 aromatic rings. The van der Waals surface area contributed by atoms with Gasteiger partial charge in [0.25, 0.3) is 11.6 Å². The lowest BCUT2D eigenvalue weighted by molar-refractivity contribution is 0.102. The molecule has 0 aliphatic rings. The number of aromatic hydroxyl groups is 1. The third-order valence-corrected chi connectivity index (χ3v) is 3.28. The molecule has 2 N–H and O–H groups in total. The monoisotopic (exact) mass is 303 g/mol. The van der Waals surface area contributed by atoms with Gasteiger partial charge < -0.3 is 14.9 Å². The van der Waals surface area contributed by atoms with Crippen molar-refractivity contribution in [2.45, 2.75) is 6.92 Å². The second-order valence-electron chi connectivity index (χ2n) is 4.47. The Hall–Kier alpha value is -2.60. The number of aromatic nitrogens is 2. The van der Waals surface area contributed by atoms with Gasteiger partial charge >= 0.3 is 0 Å². The van der Waals surface area contributed by atoms with Gasteiger partial charge in [-0.2, -0.15) is 0 Å². The molecular formula is C14H10ClN3O3. The number of phenols is 1. The molecule has 2 aromatic heterocycles. The molecule has 0 aliphatic carbocycles. The molecule has 0 atom stereocenters. The quantitative estimate of drug-likeness (QED) is 0.759. The molecule has 0 saturated carbocycles. The van der Waals surface area contributed by atoms with Crippen molar-refractivity contribution in [3.63, 3.8) is 0 Å². The molecule has 0 saturated heterocycles. The van der Waals surface area contributed by atoms with Crippen LogP contribution in [0.15, 0.2) is 35.0 Å². The molecule has 0 spiro atoms. The lowest BCUT2D eigenvalue weighted by Crippen LogP contribution is -2.11. The first-order chi connectivity index (χ1) is 10.0. The topological polar surface area (TPSA) is 88.3 Å². The van der Waals surface area contributed by atoms with E-state index in [4.69, 9.17) is 16.1 Å². The van der Waals surface area contributed by atoms with E-state index in [1.807, 2.05) is 0 Å². The van der Waals surface area contributed by atoms with Crippen molar-refractivity contribution in [1.82, 2.24) is 10.1 Å². The van der Waals surface area contributed by atoms with E-state index in [2.05, 4.69) is 15.5 Å². The maximum Gasteiger partial charge on any atom is 0.258 e. The summed E-state index contributed by atoms with van der Waals surface area (Å²) < 4.78 is 5.00. The van der Waals surface area contributed by atoms with E-state index in [1.54, 1.807) is 13.0 Å². The molecule has 2 heterocycles. The number of halogens is 1. The van der Waals surface area contributed by atoms with Crippen LogP contribution in [0.4, 0.5) is 5.69 Å². The summed E-state index contributed by atoms with van der Waals surface area (Å²) in [5, 5.41) is 16.7. The van der Waals surface area contributed by atoms with E-state index in [0.29, 0.717) is 22.7 Å². The minimum absolute atomic E-state index is 0.0728. The summed E-state index contributed by atoms with van der Waals surface area (Å²) in [5.74, 6) is -0.427. The summed E-state index contributed by atoms with van der Waals surface area (Å²) in [6, 6.07) is 5.97. The van der Waals surface area contributed by atoms with Crippen LogP contribution in [0.3, 0.4) is 0 Å². The van der Waals surface area contributed by atoms with Crippen molar-refractivity contribution in [3.05, 3.63) is 46.7 Å². The maximum atomic E-state index is 12.1. The highest BCUT2D eigenvalue weighted by molar-refractivity contribution is 6.32. The SMILES string of the molecule is Cc1noc2ncc(NC(=O)c3ccc(O)c(Cl)c3)cc12. The third-order valence-electron chi connectivity index (χ3n) is 2.98. The number of carbonyl (C=O) groups excluding carboxylic acids is 1. The molecule has 0 radical (unpaired) electrons. The smallest absolute Gasteiger partial charge is 0.258 e. The van der Waals surface area contributed by atoms with Gasteiger partial charge in [-0.3, -0.25) is 4.79 Å². The highest BCUT2D eigenvalue weighted by atomic mass is 35.5. The van der Waals surface area contributed by atoms with E-state index in [9.17, 15) is 9.90 Å². The van der Waals surface area contributed by atoms with Gasteiger partial charge in [-0.25, -0.2) is 4.98 Å². The zero-order valence-corrected chi connectivity index (χ0v) is 11.7. The van der Waals surface area contributed by atoms with Crippen LogP contribution in [-0.4, -0.2) is 21.2 Å². The van der Waals surface area contributed by atoms with Crippen molar-refractivity contribution in [2.24, 2.45) is 0 Å². The molecule has 3 rings (SSSR count). The minimum Gasteiger partial charge on any atom is -0.506 e. The van der Waals surface area contributed by atoms with Crippen LogP contribution in [0.1, 0.15) is 16.1 Å². The number of aryl methyl sites for hydroxylation is 1. The van der Waals surface area contributed by atoms with Crippen LogP contribution >= 0.6 is 11.6 Å². The van der Waals surface area contributed by atoms with Crippen LogP contribution in [0.25, 0.3) is 11.1 Å². The molecule has 0 unspecified atom stereocenters. The first-order valence-corrected chi connectivity index (χ1v) is 6.44. The number of benzene rings is 1. The van der Waals surface area contributed by atoms with E-state index >= 15 is 0 Å². The Kier molecular flexibility index (Phi) is 3.23. The largest absolute Gasteiger partial charge is 0.506 e. The van der Waals surface area contributed by atoms with Crippen LogP contribution in [0, 0.1) is 6.92 Å². The molecule has 7 heteroatoms. The van der Waals surface area contributed by atoms with Crippen LogP contribution in [0.2, 0.25) is 5.02 Å². The van der Waals surface area contributed by atoms with Crippen molar-refractivity contribution in [1.29, 1.82) is 0 Å². The number of amides is 1. The fourth-order valence-electron chi connectivity index (χ4n) is 1.86. The minimum atomic E-state index is -0.354. The highest BCUT2D eigenvalue weighted by Crippen LogP contribution is 2.24. The predicted molar refractivity (Wildman–Crippen MR) is 77.6 cm³/mol. The number of nitrogens with one attached hydrogen (secondary N) is 1. The van der Waals surface area contributed by atoms with E-state index in [1.165, 1.54) is 24.4 Å². The Bertz CT molecular complexity index is 845. The average molecular weight is 304 g/mol. The van der Waals surface area contributed by atoms with Gasteiger partial charge in [0, 0.05) is 5.56 Å². The van der Waals surface area contributed by atoms with Crippen molar-refractivity contribution >= 4 is 34.3 Å². The summed E-state index contributed by atoms with van der Waals surface area (Å²) in [5.41, 5.74) is 1.96. The Morgan fingerprint density at radius 3 is 2.95 bits per heavy atom. The maximum absolute atomic E-state index is 12.1. The molecule has 6 nitrogen and oxygen atoms in total. The Balaban J connectivity index is 1.88. The fourth-order valence-corrected chi connectivity index (χ4v) is 2.05. The molecule has 0 fully saturated rings. The summed E-state index contributed by atoms with van der Waals surface area (Å²) in [7, 11) is 0. The van der Waals surface area contributed by atoms with E-state index in [-0.39, 0.29) is 16.7 Å². The molecule has 0 aliphatic heterocycles. The summed E-state index contributed by atoms with van der Waals surface area (Å²) in [6.07, 6.45) is 1.48. The number of hydrogen-bond donors (Lipinski definition) is 2. The molecule has 106 valence electrons. The first kappa shape index (κ1) is 13.4.